The highest BCUT2D eigenvalue weighted by Gasteiger charge is 2.27. The molecule has 0 aliphatic heterocycles. The number of rotatable bonds is 6. The largest absolute Gasteiger partial charge is 0.505 e. The van der Waals surface area contributed by atoms with E-state index in [0.717, 1.165) is 36.0 Å². The van der Waals surface area contributed by atoms with E-state index in [1.165, 1.54) is 4.57 Å². The van der Waals surface area contributed by atoms with Crippen molar-refractivity contribution in [1.82, 2.24) is 14.9 Å². The van der Waals surface area contributed by atoms with Crippen LogP contribution in [0.5, 0.6) is 5.75 Å². The number of hydrogen-bond acceptors (Lipinski definition) is 5. The third-order valence-corrected chi connectivity index (χ3v) is 6.35. The van der Waals surface area contributed by atoms with Gasteiger partial charge in [-0.3, -0.25) is 14.6 Å². The maximum absolute atomic E-state index is 13.6. The van der Waals surface area contributed by atoms with E-state index in [2.05, 4.69) is 10.3 Å². The number of benzene rings is 2. The lowest BCUT2D eigenvalue weighted by atomic mass is 9.93. The first-order valence-electron chi connectivity index (χ1n) is 11.4. The molecule has 34 heavy (non-hydrogen) atoms. The van der Waals surface area contributed by atoms with Crippen LogP contribution in [0.2, 0.25) is 0 Å². The summed E-state index contributed by atoms with van der Waals surface area (Å²) in [4.78, 5) is 31.0. The van der Waals surface area contributed by atoms with E-state index < -0.39 is 11.5 Å². The van der Waals surface area contributed by atoms with Crippen LogP contribution in [-0.4, -0.2) is 26.6 Å². The van der Waals surface area contributed by atoms with Crippen LogP contribution in [0.1, 0.15) is 46.3 Å². The molecule has 4 aromatic rings. The Morgan fingerprint density at radius 1 is 1.06 bits per heavy atom. The lowest BCUT2D eigenvalue weighted by Crippen LogP contribution is -2.42. The first-order chi connectivity index (χ1) is 16.5. The summed E-state index contributed by atoms with van der Waals surface area (Å²) >= 11 is 0. The lowest BCUT2D eigenvalue weighted by Gasteiger charge is -2.26. The molecule has 4 N–H and O–H groups in total. The van der Waals surface area contributed by atoms with Crippen molar-refractivity contribution < 1.29 is 9.90 Å². The Kier molecular flexibility index (Phi) is 5.76. The van der Waals surface area contributed by atoms with Crippen LogP contribution in [0.3, 0.4) is 0 Å². The standard InChI is InChI=1S/C27H26N4O3/c28-20-9-4-8-18(13-20)16-31-22-14-19(12-17-6-2-1-3-7-17)15-29-24(22)25(32)23(27(31)34)26(33)30-21-10-5-11-21/h1-4,6-9,13-15,21,32H,5,10-12,16,28H2,(H,30,33). The number of fused-ring (bicyclic) bond motifs is 1. The average molecular weight is 455 g/mol. The predicted octanol–water partition coefficient (Wildman–Crippen LogP) is 3.61. The molecule has 0 unspecified atom stereocenters. The maximum Gasteiger partial charge on any atom is 0.268 e. The molecule has 2 aromatic carbocycles. The molecule has 2 aromatic heterocycles. The van der Waals surface area contributed by atoms with Crippen molar-refractivity contribution in [3.05, 3.63) is 99.5 Å². The monoisotopic (exact) mass is 454 g/mol. The van der Waals surface area contributed by atoms with Gasteiger partial charge in [-0.25, -0.2) is 0 Å². The van der Waals surface area contributed by atoms with Gasteiger partial charge in [-0.2, -0.15) is 0 Å². The first kappa shape index (κ1) is 21.7. The highest BCUT2D eigenvalue weighted by Crippen LogP contribution is 2.27. The topological polar surface area (TPSA) is 110 Å². The second kappa shape index (κ2) is 9.02. The van der Waals surface area contributed by atoms with Gasteiger partial charge in [0, 0.05) is 17.9 Å². The summed E-state index contributed by atoms with van der Waals surface area (Å²) in [5.41, 5.74) is 9.21. The molecule has 1 saturated carbocycles. The Labute approximate surface area is 196 Å². The van der Waals surface area contributed by atoms with Crippen LogP contribution in [0.15, 0.2) is 71.7 Å². The third kappa shape index (κ3) is 4.24. The second-order valence-electron chi connectivity index (χ2n) is 8.83. The molecule has 1 fully saturated rings. The van der Waals surface area contributed by atoms with E-state index in [4.69, 9.17) is 5.73 Å². The first-order valence-corrected chi connectivity index (χ1v) is 11.4. The van der Waals surface area contributed by atoms with Gasteiger partial charge in [0.15, 0.2) is 5.75 Å². The van der Waals surface area contributed by atoms with Crippen molar-refractivity contribution in [2.24, 2.45) is 0 Å². The van der Waals surface area contributed by atoms with Crippen molar-refractivity contribution in [2.45, 2.75) is 38.3 Å². The molecule has 7 nitrogen and oxygen atoms in total. The van der Waals surface area contributed by atoms with E-state index in [1.807, 2.05) is 48.5 Å². The molecule has 0 radical (unpaired) electrons. The number of carbonyl (C=O) groups excluding carboxylic acids is 1. The summed E-state index contributed by atoms with van der Waals surface area (Å²) in [6.45, 7) is 0.195. The van der Waals surface area contributed by atoms with Crippen LogP contribution in [-0.2, 0) is 13.0 Å². The molecule has 2 heterocycles. The van der Waals surface area contributed by atoms with Gasteiger partial charge in [0.1, 0.15) is 11.1 Å². The Morgan fingerprint density at radius 2 is 1.82 bits per heavy atom. The molecule has 172 valence electrons. The van der Waals surface area contributed by atoms with Crippen molar-refractivity contribution in [3.63, 3.8) is 0 Å². The van der Waals surface area contributed by atoms with Gasteiger partial charge in [0.25, 0.3) is 11.5 Å². The second-order valence-corrected chi connectivity index (χ2v) is 8.83. The number of nitrogens with zero attached hydrogens (tertiary/aromatic N) is 2. The number of amides is 1. The van der Waals surface area contributed by atoms with Crippen molar-refractivity contribution in [3.8, 4) is 5.75 Å². The summed E-state index contributed by atoms with van der Waals surface area (Å²) < 4.78 is 1.50. The van der Waals surface area contributed by atoms with E-state index in [0.29, 0.717) is 17.6 Å². The summed E-state index contributed by atoms with van der Waals surface area (Å²) in [6.07, 6.45) is 5.09. The highest BCUT2D eigenvalue weighted by molar-refractivity contribution is 6.01. The smallest absolute Gasteiger partial charge is 0.268 e. The minimum atomic E-state index is -0.564. The quantitative estimate of drug-likeness (QED) is 0.386. The van der Waals surface area contributed by atoms with E-state index in [9.17, 15) is 14.7 Å². The number of aromatic nitrogens is 2. The van der Waals surface area contributed by atoms with Gasteiger partial charge in [-0.05, 0) is 60.6 Å². The summed E-state index contributed by atoms with van der Waals surface area (Å²) in [7, 11) is 0. The maximum atomic E-state index is 13.6. The minimum absolute atomic E-state index is 0.0329. The number of aromatic hydroxyl groups is 1. The van der Waals surface area contributed by atoms with Crippen LogP contribution in [0.4, 0.5) is 5.69 Å². The molecule has 5 rings (SSSR count). The van der Waals surface area contributed by atoms with Crippen LogP contribution in [0, 0.1) is 0 Å². The Balaban J connectivity index is 1.64. The number of nitrogens with one attached hydrogen (secondary N) is 1. The minimum Gasteiger partial charge on any atom is -0.505 e. The fourth-order valence-electron chi connectivity index (χ4n) is 4.32. The number of carbonyl (C=O) groups is 1. The molecule has 0 saturated heterocycles. The number of pyridine rings is 2. The SMILES string of the molecule is Nc1cccc(Cn2c(=O)c(C(=O)NC3CCC3)c(O)c3ncc(Cc4ccccc4)cc32)c1. The van der Waals surface area contributed by atoms with E-state index in [-0.39, 0.29) is 29.4 Å². The zero-order chi connectivity index (χ0) is 23.7. The molecule has 1 amide bonds. The van der Waals surface area contributed by atoms with Gasteiger partial charge in [0.2, 0.25) is 0 Å². The van der Waals surface area contributed by atoms with Crippen molar-refractivity contribution in [1.29, 1.82) is 0 Å². The molecule has 1 aliphatic carbocycles. The fourth-order valence-corrected chi connectivity index (χ4v) is 4.32. The average Bonchev–Trinajstić information content (AvgIpc) is 2.80. The summed E-state index contributed by atoms with van der Waals surface area (Å²) in [5.74, 6) is -0.947. The van der Waals surface area contributed by atoms with Gasteiger partial charge in [-0.15, -0.1) is 0 Å². The zero-order valence-electron chi connectivity index (χ0n) is 18.7. The van der Waals surface area contributed by atoms with Crippen molar-refractivity contribution in [2.75, 3.05) is 5.73 Å². The van der Waals surface area contributed by atoms with Gasteiger partial charge < -0.3 is 20.7 Å². The van der Waals surface area contributed by atoms with Gasteiger partial charge in [-0.1, -0.05) is 42.5 Å². The Bertz CT molecular complexity index is 1430. The van der Waals surface area contributed by atoms with Gasteiger partial charge >= 0.3 is 0 Å². The molecule has 0 spiro atoms. The number of nitrogens with two attached hydrogens (primary N) is 1. The molecular formula is C27H26N4O3. The number of hydrogen-bond donors (Lipinski definition) is 3. The molecule has 0 atom stereocenters. The van der Waals surface area contributed by atoms with Gasteiger partial charge in [0.05, 0.1) is 12.1 Å². The number of nitrogen functional groups attached to an aromatic ring is 1. The van der Waals surface area contributed by atoms with E-state index in [1.54, 1.807) is 18.3 Å². The summed E-state index contributed by atoms with van der Waals surface area (Å²) in [6, 6.07) is 19.1. The predicted molar refractivity (Wildman–Crippen MR) is 132 cm³/mol. The zero-order valence-corrected chi connectivity index (χ0v) is 18.7. The molecular weight excluding hydrogens is 428 g/mol. The summed E-state index contributed by atoms with van der Waals surface area (Å²) in [5, 5.41) is 13.8. The lowest BCUT2D eigenvalue weighted by molar-refractivity contribution is 0.0912. The molecule has 0 bridgehead atoms. The normalized spacial score (nSPS) is 13.5. The van der Waals surface area contributed by atoms with Crippen LogP contribution < -0.4 is 16.6 Å². The van der Waals surface area contributed by atoms with E-state index >= 15 is 0 Å². The van der Waals surface area contributed by atoms with Crippen LogP contribution >= 0.6 is 0 Å². The molecule has 7 heteroatoms. The third-order valence-electron chi connectivity index (χ3n) is 6.35. The Morgan fingerprint density at radius 3 is 2.53 bits per heavy atom. The number of anilines is 1. The highest BCUT2D eigenvalue weighted by atomic mass is 16.3. The Hall–Kier alpha value is -4.13. The molecule has 1 aliphatic rings. The van der Waals surface area contributed by atoms with Crippen LogP contribution in [0.25, 0.3) is 11.0 Å². The van der Waals surface area contributed by atoms with Crippen molar-refractivity contribution >= 4 is 22.6 Å². The fraction of sp³-hybridized carbons (Fsp3) is 0.222.